The van der Waals surface area contributed by atoms with Gasteiger partial charge in [0.25, 0.3) is 5.91 Å². The van der Waals surface area contributed by atoms with E-state index in [0.29, 0.717) is 12.1 Å². The summed E-state index contributed by atoms with van der Waals surface area (Å²) in [6, 6.07) is 2.05. The Labute approximate surface area is 114 Å². The number of anilines is 1. The number of benzene rings is 1. The van der Waals surface area contributed by atoms with Crippen molar-refractivity contribution in [1.82, 2.24) is 0 Å². The van der Waals surface area contributed by atoms with Gasteiger partial charge < -0.3 is 5.73 Å². The molecule has 1 aromatic carbocycles. The van der Waals surface area contributed by atoms with Gasteiger partial charge in [-0.2, -0.15) is 13.2 Å². The molecule has 0 radical (unpaired) electrons. The molecule has 1 aromatic rings. The molecule has 0 aromatic heterocycles. The molecule has 1 rings (SSSR count). The van der Waals surface area contributed by atoms with Crippen molar-refractivity contribution in [2.24, 2.45) is 5.73 Å². The minimum atomic E-state index is -4.65. The summed E-state index contributed by atoms with van der Waals surface area (Å²) in [7, 11) is -3.79. The number of amides is 1. The number of hydrogen-bond acceptors (Lipinski definition) is 3. The van der Waals surface area contributed by atoms with E-state index >= 15 is 0 Å². The van der Waals surface area contributed by atoms with Crippen LogP contribution >= 0.6 is 0 Å². The Morgan fingerprint density at radius 3 is 2.25 bits per heavy atom. The van der Waals surface area contributed by atoms with Crippen LogP contribution in [-0.4, -0.2) is 19.6 Å². The molecule has 0 fully saturated rings. The first-order valence-electron chi connectivity index (χ1n) is 5.48. The molecule has 5 nitrogen and oxygen atoms in total. The van der Waals surface area contributed by atoms with Gasteiger partial charge in [-0.25, -0.2) is 8.42 Å². The molecule has 3 N–H and O–H groups in total. The van der Waals surface area contributed by atoms with Crippen molar-refractivity contribution in [1.29, 1.82) is 0 Å². The number of nitrogens with two attached hydrogens (primary N) is 1. The molecule has 0 aliphatic carbocycles. The summed E-state index contributed by atoms with van der Waals surface area (Å²) in [5, 5.41) is -0.814. The van der Waals surface area contributed by atoms with Crippen LogP contribution in [0.25, 0.3) is 0 Å². The Bertz CT molecular complexity index is 624. The fraction of sp³-hybridized carbons (Fsp3) is 0.364. The van der Waals surface area contributed by atoms with Crippen LogP contribution in [0.1, 0.15) is 29.8 Å². The van der Waals surface area contributed by atoms with Crippen LogP contribution in [0.5, 0.6) is 0 Å². The quantitative estimate of drug-likeness (QED) is 0.890. The second-order valence-corrected chi connectivity index (χ2v) is 6.56. The van der Waals surface area contributed by atoms with Crippen molar-refractivity contribution in [3.8, 4) is 0 Å². The lowest BCUT2D eigenvalue weighted by molar-refractivity contribution is -0.137. The summed E-state index contributed by atoms with van der Waals surface area (Å²) >= 11 is 0. The second-order valence-electron chi connectivity index (χ2n) is 4.32. The topological polar surface area (TPSA) is 89.3 Å². The molecule has 0 bridgehead atoms. The zero-order valence-electron chi connectivity index (χ0n) is 10.7. The Morgan fingerprint density at radius 2 is 1.85 bits per heavy atom. The number of alkyl halides is 3. The average Bonchev–Trinajstić information content (AvgIpc) is 2.26. The van der Waals surface area contributed by atoms with Crippen molar-refractivity contribution in [2.45, 2.75) is 25.3 Å². The SMILES string of the molecule is CC(C)S(=O)(=O)Nc1ccc(C(F)(F)F)cc1C(N)=O. The Kier molecular flexibility index (Phi) is 4.33. The lowest BCUT2D eigenvalue weighted by atomic mass is 10.1. The van der Waals surface area contributed by atoms with E-state index in [4.69, 9.17) is 5.73 Å². The van der Waals surface area contributed by atoms with Crippen LogP contribution in [0.4, 0.5) is 18.9 Å². The van der Waals surface area contributed by atoms with Gasteiger partial charge >= 0.3 is 6.18 Å². The number of hydrogen-bond donors (Lipinski definition) is 2. The smallest absolute Gasteiger partial charge is 0.366 e. The Balaban J connectivity index is 3.32. The highest BCUT2D eigenvalue weighted by Crippen LogP contribution is 2.32. The molecule has 1 amide bonds. The highest BCUT2D eigenvalue weighted by molar-refractivity contribution is 7.93. The van der Waals surface area contributed by atoms with Crippen LogP contribution in [0.3, 0.4) is 0 Å². The highest BCUT2D eigenvalue weighted by Gasteiger charge is 2.32. The summed E-state index contributed by atoms with van der Waals surface area (Å²) in [5.41, 5.74) is 3.08. The maximum Gasteiger partial charge on any atom is 0.416 e. The first kappa shape index (κ1) is 16.3. The Hall–Kier alpha value is -1.77. The minimum Gasteiger partial charge on any atom is -0.366 e. The van der Waals surface area contributed by atoms with E-state index in [1.807, 2.05) is 0 Å². The van der Waals surface area contributed by atoms with Crippen LogP contribution in [0.2, 0.25) is 0 Å². The van der Waals surface area contributed by atoms with Crippen LogP contribution in [0.15, 0.2) is 18.2 Å². The molecule has 0 saturated heterocycles. The van der Waals surface area contributed by atoms with Gasteiger partial charge in [0.05, 0.1) is 22.1 Å². The third kappa shape index (κ3) is 3.62. The molecule has 0 spiro atoms. The summed E-state index contributed by atoms with van der Waals surface area (Å²) in [5.74, 6) is -1.16. The van der Waals surface area contributed by atoms with Crippen LogP contribution in [-0.2, 0) is 16.2 Å². The van der Waals surface area contributed by atoms with Crippen LogP contribution < -0.4 is 10.5 Å². The normalized spacial score (nSPS) is 12.5. The number of carbonyl (C=O) groups is 1. The molecule has 9 heteroatoms. The standard InChI is InChI=1S/C11H13F3N2O3S/c1-6(2)20(18,19)16-9-4-3-7(11(12,13)14)5-8(9)10(15)17/h3-6,16H,1-2H3,(H2,15,17). The van der Waals surface area contributed by atoms with Gasteiger partial charge in [0.1, 0.15) is 0 Å². The van der Waals surface area contributed by atoms with Crippen molar-refractivity contribution < 1.29 is 26.4 Å². The number of primary amides is 1. The molecule has 0 aliphatic rings. The maximum absolute atomic E-state index is 12.5. The second kappa shape index (κ2) is 5.31. The average molecular weight is 310 g/mol. The molecular formula is C11H13F3N2O3S. The maximum atomic E-state index is 12.5. The third-order valence-electron chi connectivity index (χ3n) is 2.49. The number of halogens is 3. The van der Waals surface area contributed by atoms with Crippen molar-refractivity contribution in [3.63, 3.8) is 0 Å². The predicted octanol–water partition coefficient (Wildman–Crippen LogP) is 1.95. The summed E-state index contributed by atoms with van der Waals surface area (Å²) < 4.78 is 63.0. The number of sulfonamides is 1. The first-order chi connectivity index (χ1) is 8.95. The minimum absolute atomic E-state index is 0.279. The monoisotopic (exact) mass is 310 g/mol. The first-order valence-corrected chi connectivity index (χ1v) is 7.02. The molecule has 112 valence electrons. The van der Waals surface area contributed by atoms with Gasteiger partial charge in [0, 0.05) is 0 Å². The van der Waals surface area contributed by atoms with Crippen LogP contribution in [0, 0.1) is 0 Å². The lowest BCUT2D eigenvalue weighted by Gasteiger charge is -2.15. The summed E-state index contributed by atoms with van der Waals surface area (Å²) in [4.78, 5) is 11.2. The van der Waals surface area contributed by atoms with E-state index in [2.05, 4.69) is 4.72 Å². The van der Waals surface area contributed by atoms with Gasteiger partial charge in [0.15, 0.2) is 0 Å². The molecule has 0 saturated carbocycles. The third-order valence-corrected chi connectivity index (χ3v) is 4.23. The summed E-state index contributed by atoms with van der Waals surface area (Å²) in [6.45, 7) is 2.77. The van der Waals surface area contributed by atoms with Gasteiger partial charge in [-0.05, 0) is 32.0 Å². The van der Waals surface area contributed by atoms with Gasteiger partial charge in [-0.15, -0.1) is 0 Å². The zero-order valence-corrected chi connectivity index (χ0v) is 11.5. The van der Waals surface area contributed by atoms with E-state index in [0.717, 1.165) is 6.07 Å². The molecule has 0 unspecified atom stereocenters. The van der Waals surface area contributed by atoms with Gasteiger partial charge in [-0.1, -0.05) is 0 Å². The number of rotatable bonds is 4. The molecule has 20 heavy (non-hydrogen) atoms. The fourth-order valence-electron chi connectivity index (χ4n) is 1.28. The Morgan fingerprint density at radius 1 is 1.30 bits per heavy atom. The van der Waals surface area contributed by atoms with Gasteiger partial charge in [-0.3, -0.25) is 9.52 Å². The predicted molar refractivity (Wildman–Crippen MR) is 67.6 cm³/mol. The number of carbonyl (C=O) groups excluding carboxylic acids is 1. The largest absolute Gasteiger partial charge is 0.416 e. The summed E-state index contributed by atoms with van der Waals surface area (Å²) in [6.07, 6.45) is -4.65. The van der Waals surface area contributed by atoms with Gasteiger partial charge in [0.2, 0.25) is 10.0 Å². The van der Waals surface area contributed by atoms with E-state index in [-0.39, 0.29) is 5.69 Å². The zero-order chi connectivity index (χ0) is 15.7. The highest BCUT2D eigenvalue weighted by atomic mass is 32.2. The molecule has 0 heterocycles. The van der Waals surface area contributed by atoms with E-state index in [1.165, 1.54) is 13.8 Å². The van der Waals surface area contributed by atoms with E-state index < -0.39 is 38.5 Å². The molecule has 0 atom stereocenters. The van der Waals surface area contributed by atoms with Crippen molar-refractivity contribution >= 4 is 21.6 Å². The van der Waals surface area contributed by atoms with Crippen molar-refractivity contribution in [3.05, 3.63) is 29.3 Å². The van der Waals surface area contributed by atoms with E-state index in [9.17, 15) is 26.4 Å². The van der Waals surface area contributed by atoms with Crippen molar-refractivity contribution in [2.75, 3.05) is 4.72 Å². The lowest BCUT2D eigenvalue weighted by Crippen LogP contribution is -2.25. The molecular weight excluding hydrogens is 297 g/mol. The van der Waals surface area contributed by atoms with E-state index in [1.54, 1.807) is 0 Å². The number of nitrogens with one attached hydrogen (secondary N) is 1. The molecule has 0 aliphatic heterocycles. The fourth-order valence-corrected chi connectivity index (χ4v) is 2.00.